The molecule has 0 aliphatic carbocycles. The van der Waals surface area contributed by atoms with E-state index < -0.39 is 12.0 Å². The number of rotatable bonds is 2. The zero-order valence-corrected chi connectivity index (χ0v) is 13.2. The Bertz CT molecular complexity index is 971. The molecule has 2 aromatic carbocycles. The van der Waals surface area contributed by atoms with Gasteiger partial charge in [-0.2, -0.15) is 4.68 Å². The summed E-state index contributed by atoms with van der Waals surface area (Å²) in [5.41, 5.74) is 2.12. The van der Waals surface area contributed by atoms with Crippen molar-refractivity contribution in [2.24, 2.45) is 0 Å². The maximum Gasteiger partial charge on any atom is 0.338 e. The summed E-state index contributed by atoms with van der Waals surface area (Å²) in [6, 6.07) is 13.6. The Balaban J connectivity index is 2.01. The second kappa shape index (κ2) is 5.45. The Morgan fingerprint density at radius 2 is 2.00 bits per heavy atom. The topological polar surface area (TPSA) is 81.9 Å². The summed E-state index contributed by atoms with van der Waals surface area (Å²) in [6.45, 7) is 1.82. The van der Waals surface area contributed by atoms with Gasteiger partial charge in [-0.3, -0.25) is 0 Å². The van der Waals surface area contributed by atoms with Gasteiger partial charge in [-0.1, -0.05) is 47.6 Å². The van der Waals surface area contributed by atoms with Crippen LogP contribution in [0.25, 0.3) is 10.8 Å². The number of anilines is 1. The van der Waals surface area contributed by atoms with E-state index in [-0.39, 0.29) is 0 Å². The molecule has 1 aromatic heterocycles. The van der Waals surface area contributed by atoms with Crippen LogP contribution in [0.5, 0.6) is 0 Å². The van der Waals surface area contributed by atoms with Crippen LogP contribution in [-0.4, -0.2) is 33.3 Å². The average Bonchev–Trinajstić information content (AvgIpc) is 3.07. The molecular weight excluding hydrogens is 306 g/mol. The van der Waals surface area contributed by atoms with E-state index in [9.17, 15) is 4.79 Å². The van der Waals surface area contributed by atoms with Gasteiger partial charge in [0, 0.05) is 5.70 Å². The number of nitrogens with one attached hydrogen (secondary N) is 1. The van der Waals surface area contributed by atoms with Gasteiger partial charge >= 0.3 is 5.97 Å². The van der Waals surface area contributed by atoms with Crippen molar-refractivity contribution < 1.29 is 9.53 Å². The fourth-order valence-corrected chi connectivity index (χ4v) is 3.16. The molecule has 1 unspecified atom stereocenters. The van der Waals surface area contributed by atoms with E-state index in [2.05, 4.69) is 20.8 Å². The number of allylic oxidation sites excluding steroid dienone is 1. The van der Waals surface area contributed by atoms with Gasteiger partial charge in [-0.15, -0.1) is 0 Å². The number of nitrogens with zero attached hydrogens (tertiary/aromatic N) is 4. The Hall–Kier alpha value is -3.22. The third-order valence-electron chi connectivity index (χ3n) is 4.24. The molecule has 0 spiro atoms. The standard InChI is InChI=1S/C17H15N5O2/c1-10-14(16(23)24-2)15(22-17(18-10)19-20-21-22)13-9-5-7-11-6-3-4-8-12(11)13/h3-9,15H,1-2H3,(H,18,19,21). The lowest BCUT2D eigenvalue weighted by molar-refractivity contribution is -0.136. The molecule has 1 aliphatic rings. The van der Waals surface area contributed by atoms with Crippen molar-refractivity contribution in [2.45, 2.75) is 13.0 Å². The number of methoxy groups -OCH3 is 1. The Labute approximate surface area is 137 Å². The number of hydrogen-bond donors (Lipinski definition) is 1. The minimum atomic E-state index is -0.449. The maximum absolute atomic E-state index is 12.4. The van der Waals surface area contributed by atoms with Crippen LogP contribution in [0.15, 0.2) is 53.7 Å². The molecule has 7 heteroatoms. The van der Waals surface area contributed by atoms with Crippen LogP contribution in [0.2, 0.25) is 0 Å². The summed E-state index contributed by atoms with van der Waals surface area (Å²) in [5.74, 6) is 0.0946. The van der Waals surface area contributed by atoms with Gasteiger partial charge < -0.3 is 10.1 Å². The number of tetrazole rings is 1. The summed E-state index contributed by atoms with van der Waals surface area (Å²) in [4.78, 5) is 12.4. The molecule has 2 heterocycles. The monoisotopic (exact) mass is 321 g/mol. The maximum atomic E-state index is 12.4. The molecule has 1 N–H and O–H groups in total. The van der Waals surface area contributed by atoms with Gasteiger partial charge in [0.05, 0.1) is 12.7 Å². The van der Waals surface area contributed by atoms with Gasteiger partial charge in [-0.05, 0) is 33.7 Å². The number of aromatic nitrogens is 4. The molecule has 0 bridgehead atoms. The largest absolute Gasteiger partial charge is 0.466 e. The van der Waals surface area contributed by atoms with Gasteiger partial charge in [-0.25, -0.2) is 4.79 Å². The Morgan fingerprint density at radius 3 is 2.83 bits per heavy atom. The molecule has 24 heavy (non-hydrogen) atoms. The summed E-state index contributed by atoms with van der Waals surface area (Å²) in [7, 11) is 1.37. The average molecular weight is 321 g/mol. The molecule has 0 radical (unpaired) electrons. The van der Waals surface area contributed by atoms with E-state index >= 15 is 0 Å². The van der Waals surface area contributed by atoms with Crippen molar-refractivity contribution >= 4 is 22.7 Å². The predicted molar refractivity (Wildman–Crippen MR) is 88.2 cm³/mol. The van der Waals surface area contributed by atoms with Crippen molar-refractivity contribution in [3.63, 3.8) is 0 Å². The van der Waals surface area contributed by atoms with E-state index in [1.807, 2.05) is 49.4 Å². The van der Waals surface area contributed by atoms with Gasteiger partial charge in [0.15, 0.2) is 0 Å². The molecule has 1 atom stereocenters. The van der Waals surface area contributed by atoms with Crippen molar-refractivity contribution in [2.75, 3.05) is 12.4 Å². The molecule has 120 valence electrons. The number of benzene rings is 2. The van der Waals surface area contributed by atoms with Crippen LogP contribution >= 0.6 is 0 Å². The first-order valence-corrected chi connectivity index (χ1v) is 7.52. The third kappa shape index (κ3) is 2.05. The van der Waals surface area contributed by atoms with Gasteiger partial charge in [0.1, 0.15) is 6.04 Å². The van der Waals surface area contributed by atoms with Crippen LogP contribution < -0.4 is 5.32 Å². The number of esters is 1. The molecule has 0 saturated heterocycles. The van der Waals surface area contributed by atoms with Crippen LogP contribution in [0.1, 0.15) is 18.5 Å². The van der Waals surface area contributed by atoms with Crippen LogP contribution in [-0.2, 0) is 9.53 Å². The van der Waals surface area contributed by atoms with Crippen molar-refractivity contribution in [3.05, 3.63) is 59.3 Å². The minimum absolute atomic E-state index is 0.404. The second-order valence-corrected chi connectivity index (χ2v) is 5.57. The molecule has 7 nitrogen and oxygen atoms in total. The minimum Gasteiger partial charge on any atom is -0.466 e. The van der Waals surface area contributed by atoms with E-state index in [0.29, 0.717) is 17.2 Å². The smallest absolute Gasteiger partial charge is 0.338 e. The first-order chi connectivity index (χ1) is 11.7. The normalized spacial score (nSPS) is 16.7. The number of fused-ring (bicyclic) bond motifs is 2. The molecule has 0 saturated carbocycles. The van der Waals surface area contributed by atoms with Crippen LogP contribution in [0.3, 0.4) is 0 Å². The van der Waals surface area contributed by atoms with Crippen molar-refractivity contribution in [1.29, 1.82) is 0 Å². The van der Waals surface area contributed by atoms with E-state index in [0.717, 1.165) is 16.3 Å². The number of carbonyl (C=O) groups excluding carboxylic acids is 1. The Morgan fingerprint density at radius 1 is 1.21 bits per heavy atom. The molecule has 1 aliphatic heterocycles. The number of ether oxygens (including phenoxy) is 1. The highest BCUT2D eigenvalue weighted by Gasteiger charge is 2.35. The number of hydrogen-bond acceptors (Lipinski definition) is 6. The first kappa shape index (κ1) is 14.4. The SMILES string of the molecule is COC(=O)C1=C(C)Nc2nnnn2C1c1cccc2ccccc12. The lowest BCUT2D eigenvalue weighted by Crippen LogP contribution is -2.29. The van der Waals surface area contributed by atoms with Crippen LogP contribution in [0, 0.1) is 0 Å². The zero-order chi connectivity index (χ0) is 16.7. The van der Waals surface area contributed by atoms with Crippen molar-refractivity contribution in [1.82, 2.24) is 20.2 Å². The zero-order valence-electron chi connectivity index (χ0n) is 13.2. The van der Waals surface area contributed by atoms with E-state index in [1.165, 1.54) is 7.11 Å². The molecule has 0 amide bonds. The van der Waals surface area contributed by atoms with Crippen LogP contribution in [0.4, 0.5) is 5.95 Å². The third-order valence-corrected chi connectivity index (χ3v) is 4.24. The summed E-state index contributed by atoms with van der Waals surface area (Å²) in [5, 5.41) is 17.0. The van der Waals surface area contributed by atoms with E-state index in [1.54, 1.807) is 4.68 Å². The summed E-state index contributed by atoms with van der Waals surface area (Å²) in [6.07, 6.45) is 0. The second-order valence-electron chi connectivity index (χ2n) is 5.57. The van der Waals surface area contributed by atoms with Gasteiger partial charge in [0.2, 0.25) is 5.95 Å². The molecular formula is C17H15N5O2. The lowest BCUT2D eigenvalue weighted by Gasteiger charge is -2.27. The Kier molecular flexibility index (Phi) is 3.26. The quantitative estimate of drug-likeness (QED) is 0.729. The molecule has 3 aromatic rings. The molecule has 4 rings (SSSR count). The van der Waals surface area contributed by atoms with Crippen molar-refractivity contribution in [3.8, 4) is 0 Å². The lowest BCUT2D eigenvalue weighted by atomic mass is 9.91. The number of carbonyl (C=O) groups is 1. The highest BCUT2D eigenvalue weighted by molar-refractivity contribution is 5.95. The fraction of sp³-hybridized carbons (Fsp3) is 0.176. The summed E-state index contributed by atoms with van der Waals surface area (Å²) >= 11 is 0. The van der Waals surface area contributed by atoms with E-state index in [4.69, 9.17) is 4.74 Å². The highest BCUT2D eigenvalue weighted by Crippen LogP contribution is 2.37. The summed E-state index contributed by atoms with van der Waals surface area (Å²) < 4.78 is 6.61. The van der Waals surface area contributed by atoms with Gasteiger partial charge in [0.25, 0.3) is 0 Å². The highest BCUT2D eigenvalue weighted by atomic mass is 16.5. The fourth-order valence-electron chi connectivity index (χ4n) is 3.16. The predicted octanol–water partition coefficient (Wildman–Crippen LogP) is 2.29. The molecule has 0 fully saturated rings. The first-order valence-electron chi connectivity index (χ1n) is 7.52.